The molecule has 0 saturated heterocycles. The number of thiazole rings is 1. The van der Waals surface area contributed by atoms with Gasteiger partial charge in [0.15, 0.2) is 5.13 Å². The van der Waals surface area contributed by atoms with Crippen LogP contribution in [0.3, 0.4) is 0 Å². The van der Waals surface area contributed by atoms with Gasteiger partial charge in [-0.25, -0.2) is 4.98 Å². The van der Waals surface area contributed by atoms with Crippen LogP contribution < -0.4 is 5.32 Å². The molecule has 0 aliphatic carbocycles. The lowest BCUT2D eigenvalue weighted by atomic mass is 10.1. The van der Waals surface area contributed by atoms with Crippen molar-refractivity contribution in [2.45, 2.75) is 39.2 Å². The predicted octanol–water partition coefficient (Wildman–Crippen LogP) is 5.92. The van der Waals surface area contributed by atoms with Crippen LogP contribution in [0.1, 0.15) is 43.7 Å². The summed E-state index contributed by atoms with van der Waals surface area (Å²) in [6.07, 6.45) is 8.26. The van der Waals surface area contributed by atoms with Crippen molar-refractivity contribution in [3.63, 3.8) is 0 Å². The molecule has 0 bridgehead atoms. The molecule has 3 rings (SSSR count). The van der Waals surface area contributed by atoms with E-state index in [0.29, 0.717) is 12.2 Å². The molecular formula is C22H24N4OS. The van der Waals surface area contributed by atoms with Gasteiger partial charge in [-0.15, -0.1) is 11.3 Å². The first-order valence-electron chi connectivity index (χ1n) is 9.54. The Hall–Kier alpha value is -2.75. The zero-order valence-corrected chi connectivity index (χ0v) is 16.8. The highest BCUT2D eigenvalue weighted by atomic mass is 32.1. The van der Waals surface area contributed by atoms with E-state index in [9.17, 15) is 5.26 Å². The van der Waals surface area contributed by atoms with Gasteiger partial charge >= 0.3 is 0 Å². The fourth-order valence-corrected chi connectivity index (χ4v) is 3.54. The first-order chi connectivity index (χ1) is 13.8. The molecule has 3 aromatic rings. The second-order valence-electron chi connectivity index (χ2n) is 6.50. The summed E-state index contributed by atoms with van der Waals surface area (Å²) in [5, 5.41) is 15.5. The summed E-state index contributed by atoms with van der Waals surface area (Å²) in [7, 11) is 0. The summed E-state index contributed by atoms with van der Waals surface area (Å²) in [4.78, 5) is 8.73. The highest BCUT2D eigenvalue weighted by molar-refractivity contribution is 7.14. The van der Waals surface area contributed by atoms with E-state index < -0.39 is 0 Å². The molecule has 0 aliphatic heterocycles. The second-order valence-corrected chi connectivity index (χ2v) is 7.36. The van der Waals surface area contributed by atoms with Gasteiger partial charge in [-0.3, -0.25) is 4.98 Å². The molecule has 6 heteroatoms. The van der Waals surface area contributed by atoms with Gasteiger partial charge in [-0.1, -0.05) is 32.3 Å². The number of pyridine rings is 1. The van der Waals surface area contributed by atoms with Crippen LogP contribution >= 0.6 is 11.3 Å². The molecular weight excluding hydrogens is 368 g/mol. The number of aromatic nitrogens is 2. The van der Waals surface area contributed by atoms with Crippen molar-refractivity contribution in [3.8, 4) is 17.3 Å². The van der Waals surface area contributed by atoms with E-state index in [4.69, 9.17) is 4.74 Å². The fraction of sp³-hybridized carbons (Fsp3) is 0.318. The number of ether oxygens (including phenoxy) is 1. The molecule has 0 fully saturated rings. The number of hydrogen-bond acceptors (Lipinski definition) is 6. The number of nitrogens with zero attached hydrogens (tertiary/aromatic N) is 3. The average molecular weight is 393 g/mol. The zero-order chi connectivity index (χ0) is 19.6. The van der Waals surface area contributed by atoms with Gasteiger partial charge in [0.2, 0.25) is 0 Å². The lowest BCUT2D eigenvalue weighted by molar-refractivity contribution is 0.116. The maximum Gasteiger partial charge on any atom is 0.187 e. The van der Waals surface area contributed by atoms with Crippen LogP contribution in [0.25, 0.3) is 11.3 Å². The lowest BCUT2D eigenvalue weighted by Gasteiger charge is -2.09. The Kier molecular flexibility index (Phi) is 7.53. The van der Waals surface area contributed by atoms with E-state index in [2.05, 4.69) is 28.3 Å². The van der Waals surface area contributed by atoms with Crippen molar-refractivity contribution in [1.82, 2.24) is 9.97 Å². The molecule has 0 amide bonds. The molecule has 0 radical (unpaired) electrons. The number of benzene rings is 1. The number of unbranched alkanes of at least 4 members (excludes halogenated alkanes) is 3. The predicted molar refractivity (Wildman–Crippen MR) is 114 cm³/mol. The highest BCUT2D eigenvalue weighted by Gasteiger charge is 2.08. The molecule has 2 aromatic heterocycles. The minimum Gasteiger partial charge on any atom is -0.377 e. The second kappa shape index (κ2) is 10.5. The summed E-state index contributed by atoms with van der Waals surface area (Å²) >= 11 is 1.52. The number of nitriles is 1. The largest absolute Gasteiger partial charge is 0.377 e. The van der Waals surface area contributed by atoms with Gasteiger partial charge in [-0.2, -0.15) is 5.26 Å². The molecule has 0 aliphatic rings. The van der Waals surface area contributed by atoms with E-state index in [1.165, 1.54) is 30.6 Å². The van der Waals surface area contributed by atoms with Crippen LogP contribution in [0.15, 0.2) is 48.1 Å². The molecule has 1 N–H and O–H groups in total. The summed E-state index contributed by atoms with van der Waals surface area (Å²) in [6.45, 7) is 3.40. The van der Waals surface area contributed by atoms with E-state index in [-0.39, 0.29) is 0 Å². The van der Waals surface area contributed by atoms with Crippen molar-refractivity contribution in [2.75, 3.05) is 11.9 Å². The van der Waals surface area contributed by atoms with E-state index >= 15 is 0 Å². The Morgan fingerprint density at radius 3 is 2.93 bits per heavy atom. The van der Waals surface area contributed by atoms with Gasteiger partial charge in [-0.05, 0) is 36.2 Å². The Morgan fingerprint density at radius 2 is 2.14 bits per heavy atom. The minimum atomic E-state index is 0.470. The van der Waals surface area contributed by atoms with E-state index in [0.717, 1.165) is 40.7 Å². The van der Waals surface area contributed by atoms with Gasteiger partial charge in [0, 0.05) is 35.6 Å². The van der Waals surface area contributed by atoms with Crippen LogP contribution in [-0.4, -0.2) is 16.6 Å². The molecule has 28 heavy (non-hydrogen) atoms. The molecule has 0 unspecified atom stereocenters. The Morgan fingerprint density at radius 1 is 1.21 bits per heavy atom. The molecule has 144 valence electrons. The molecule has 0 saturated carbocycles. The first-order valence-corrected chi connectivity index (χ1v) is 10.4. The summed E-state index contributed by atoms with van der Waals surface area (Å²) in [6, 6.07) is 11.9. The third-order valence-electron chi connectivity index (χ3n) is 4.34. The van der Waals surface area contributed by atoms with E-state index in [1.807, 2.05) is 35.7 Å². The SMILES string of the molecule is CCCCCCOCc1ccc(Nc2nc(-c3cccnc3)cs2)cc1C#N. The third-order valence-corrected chi connectivity index (χ3v) is 5.10. The summed E-state index contributed by atoms with van der Waals surface area (Å²) in [5.74, 6) is 0. The quantitative estimate of drug-likeness (QED) is 0.434. The number of nitrogens with one attached hydrogen (secondary N) is 1. The maximum atomic E-state index is 9.48. The zero-order valence-electron chi connectivity index (χ0n) is 16.0. The number of rotatable bonds is 10. The fourth-order valence-electron chi connectivity index (χ4n) is 2.80. The smallest absolute Gasteiger partial charge is 0.187 e. The molecule has 5 nitrogen and oxygen atoms in total. The van der Waals surface area contributed by atoms with Crippen molar-refractivity contribution < 1.29 is 4.74 Å². The average Bonchev–Trinajstić information content (AvgIpc) is 3.20. The molecule has 0 atom stereocenters. The first kappa shape index (κ1) is 20.0. The minimum absolute atomic E-state index is 0.470. The van der Waals surface area contributed by atoms with Crippen molar-refractivity contribution in [3.05, 3.63) is 59.2 Å². The lowest BCUT2D eigenvalue weighted by Crippen LogP contribution is -1.99. The van der Waals surface area contributed by atoms with Gasteiger partial charge in [0.05, 0.1) is 23.9 Å². The summed E-state index contributed by atoms with van der Waals surface area (Å²) in [5.41, 5.74) is 4.25. The monoisotopic (exact) mass is 392 g/mol. The maximum absolute atomic E-state index is 9.48. The Balaban J connectivity index is 1.59. The van der Waals surface area contributed by atoms with Crippen LogP contribution in [0, 0.1) is 11.3 Å². The van der Waals surface area contributed by atoms with Crippen LogP contribution in [0.4, 0.5) is 10.8 Å². The summed E-state index contributed by atoms with van der Waals surface area (Å²) < 4.78 is 5.73. The van der Waals surface area contributed by atoms with Gasteiger partial charge in [0.1, 0.15) is 0 Å². The normalized spacial score (nSPS) is 10.6. The third kappa shape index (κ3) is 5.62. The molecule has 2 heterocycles. The molecule has 0 spiro atoms. The van der Waals surface area contributed by atoms with Crippen molar-refractivity contribution >= 4 is 22.2 Å². The van der Waals surface area contributed by atoms with Gasteiger partial charge < -0.3 is 10.1 Å². The Bertz CT molecular complexity index is 918. The van der Waals surface area contributed by atoms with Crippen LogP contribution in [0.2, 0.25) is 0 Å². The van der Waals surface area contributed by atoms with E-state index in [1.54, 1.807) is 12.4 Å². The number of anilines is 2. The van der Waals surface area contributed by atoms with Crippen LogP contribution in [-0.2, 0) is 11.3 Å². The molecule has 1 aromatic carbocycles. The highest BCUT2D eigenvalue weighted by Crippen LogP contribution is 2.27. The van der Waals surface area contributed by atoms with Crippen molar-refractivity contribution in [2.24, 2.45) is 0 Å². The number of hydrogen-bond donors (Lipinski definition) is 1. The topological polar surface area (TPSA) is 70.8 Å². The van der Waals surface area contributed by atoms with Crippen molar-refractivity contribution in [1.29, 1.82) is 5.26 Å². The van der Waals surface area contributed by atoms with Gasteiger partial charge in [0.25, 0.3) is 0 Å². The Labute approximate surface area is 170 Å². The van der Waals surface area contributed by atoms with Crippen LogP contribution in [0.5, 0.6) is 0 Å². The standard InChI is InChI=1S/C22H24N4OS/c1-2-3-4-5-11-27-15-18-8-9-20(12-19(18)13-23)25-22-26-21(16-28-22)17-7-6-10-24-14-17/h6-10,12,14,16H,2-5,11,15H2,1H3,(H,25,26).